The summed E-state index contributed by atoms with van der Waals surface area (Å²) in [6.45, 7) is 0.332. The second-order valence-corrected chi connectivity index (χ2v) is 9.84. The van der Waals surface area contributed by atoms with Crippen LogP contribution >= 0.6 is 15.9 Å². The SMILES string of the molecule is O=C1Cc2cc(CCN3C(=O)CO[C@H]3c3nn(-c4ccc(Br)cc4)nc3-c3ccc(F)cc3)ccc2N1. The Kier molecular flexibility index (Phi) is 6.05. The zero-order chi connectivity index (χ0) is 25.5. The number of anilines is 1. The van der Waals surface area contributed by atoms with E-state index in [4.69, 9.17) is 9.84 Å². The average Bonchev–Trinajstić information content (AvgIpc) is 3.59. The lowest BCUT2D eigenvalue weighted by molar-refractivity contribution is -0.128. The molecular weight excluding hydrogens is 541 g/mol. The topological polar surface area (TPSA) is 89.4 Å². The number of aromatic nitrogens is 3. The largest absolute Gasteiger partial charge is 0.342 e. The summed E-state index contributed by atoms with van der Waals surface area (Å²) in [5.41, 5.74) is 5.19. The molecule has 4 aromatic rings. The fraction of sp³-hybridized carbons (Fsp3) is 0.185. The fourth-order valence-electron chi connectivity index (χ4n) is 4.60. The summed E-state index contributed by atoms with van der Waals surface area (Å²) < 4.78 is 20.5. The van der Waals surface area contributed by atoms with E-state index >= 15 is 0 Å². The van der Waals surface area contributed by atoms with E-state index in [1.807, 2.05) is 42.5 Å². The van der Waals surface area contributed by atoms with Gasteiger partial charge in [-0.1, -0.05) is 28.1 Å². The van der Waals surface area contributed by atoms with Gasteiger partial charge < -0.3 is 15.0 Å². The maximum absolute atomic E-state index is 13.6. The van der Waals surface area contributed by atoms with Crippen molar-refractivity contribution in [3.63, 3.8) is 0 Å². The van der Waals surface area contributed by atoms with E-state index in [0.717, 1.165) is 27.0 Å². The minimum atomic E-state index is -0.741. The van der Waals surface area contributed by atoms with Gasteiger partial charge in [0.15, 0.2) is 6.23 Å². The second-order valence-electron chi connectivity index (χ2n) is 8.92. The summed E-state index contributed by atoms with van der Waals surface area (Å²) in [7, 11) is 0. The number of nitrogens with one attached hydrogen (secondary N) is 1. The molecule has 1 aromatic heterocycles. The van der Waals surface area contributed by atoms with Gasteiger partial charge in [-0.15, -0.1) is 10.2 Å². The molecule has 1 saturated heterocycles. The summed E-state index contributed by atoms with van der Waals surface area (Å²) in [5.74, 6) is -0.519. The second kappa shape index (κ2) is 9.53. The summed E-state index contributed by atoms with van der Waals surface area (Å²) in [4.78, 5) is 27.7. The molecule has 0 radical (unpaired) electrons. The molecule has 1 N–H and O–H groups in total. The summed E-state index contributed by atoms with van der Waals surface area (Å²) in [5, 5.41) is 12.2. The quantitative estimate of drug-likeness (QED) is 0.376. The van der Waals surface area contributed by atoms with Gasteiger partial charge in [0.1, 0.15) is 23.8 Å². The Labute approximate surface area is 220 Å². The zero-order valence-corrected chi connectivity index (χ0v) is 21.1. The van der Waals surface area contributed by atoms with Crippen LogP contribution < -0.4 is 5.32 Å². The third-order valence-electron chi connectivity index (χ3n) is 6.45. The van der Waals surface area contributed by atoms with Crippen molar-refractivity contribution in [3.05, 3.63) is 93.8 Å². The molecule has 2 amide bonds. The molecule has 1 atom stereocenters. The van der Waals surface area contributed by atoms with Crippen molar-refractivity contribution in [2.24, 2.45) is 0 Å². The Bertz CT molecular complexity index is 1500. The molecule has 6 rings (SSSR count). The van der Waals surface area contributed by atoms with Gasteiger partial charge in [-0.3, -0.25) is 9.59 Å². The molecule has 3 heterocycles. The summed E-state index contributed by atoms with van der Waals surface area (Å²) in [6, 6.07) is 19.4. The van der Waals surface area contributed by atoms with Gasteiger partial charge in [0, 0.05) is 22.3 Å². The van der Waals surface area contributed by atoms with Gasteiger partial charge in [0.25, 0.3) is 5.91 Å². The molecule has 0 saturated carbocycles. The lowest BCUT2D eigenvalue weighted by Crippen LogP contribution is -2.31. The molecule has 0 bridgehead atoms. The first kappa shape index (κ1) is 23.5. The van der Waals surface area contributed by atoms with E-state index in [2.05, 4.69) is 26.3 Å². The number of fused-ring (bicyclic) bond motifs is 1. The fourth-order valence-corrected chi connectivity index (χ4v) is 4.86. The number of nitrogens with zero attached hydrogens (tertiary/aromatic N) is 4. The van der Waals surface area contributed by atoms with Crippen LogP contribution in [-0.2, 0) is 27.2 Å². The summed E-state index contributed by atoms with van der Waals surface area (Å²) >= 11 is 3.44. The zero-order valence-electron chi connectivity index (χ0n) is 19.5. The van der Waals surface area contributed by atoms with Crippen molar-refractivity contribution in [1.29, 1.82) is 0 Å². The minimum absolute atomic E-state index is 0.0162. The number of hydrogen-bond acceptors (Lipinski definition) is 5. The molecular formula is C27H21BrFN5O3. The number of benzene rings is 3. The van der Waals surface area contributed by atoms with Crippen LogP contribution in [-0.4, -0.2) is 44.9 Å². The standard InChI is InChI=1S/C27H21BrFN5O3/c28-19-4-8-21(9-5-19)34-31-25(17-2-6-20(29)7-3-17)26(32-34)27-33(24(36)15-37-27)12-11-16-1-10-22-18(13-16)14-23(35)30-22/h1-10,13,27H,11-12,14-15H2,(H,30,35)/t27-/m0/s1. The molecule has 2 aliphatic rings. The van der Waals surface area contributed by atoms with E-state index in [9.17, 15) is 14.0 Å². The van der Waals surface area contributed by atoms with Crippen molar-refractivity contribution in [2.75, 3.05) is 18.5 Å². The third-order valence-corrected chi connectivity index (χ3v) is 6.98. The maximum atomic E-state index is 13.6. The van der Waals surface area contributed by atoms with E-state index in [0.29, 0.717) is 36.3 Å². The van der Waals surface area contributed by atoms with Crippen LogP contribution in [0.3, 0.4) is 0 Å². The van der Waals surface area contributed by atoms with Crippen LogP contribution in [0.4, 0.5) is 10.1 Å². The van der Waals surface area contributed by atoms with Gasteiger partial charge in [-0.2, -0.15) is 4.80 Å². The number of amides is 2. The smallest absolute Gasteiger partial charge is 0.251 e. The van der Waals surface area contributed by atoms with Crippen LogP contribution in [0.5, 0.6) is 0 Å². The van der Waals surface area contributed by atoms with Gasteiger partial charge in [-0.25, -0.2) is 4.39 Å². The molecule has 0 unspecified atom stereocenters. The molecule has 0 spiro atoms. The molecule has 3 aromatic carbocycles. The number of rotatable bonds is 6. The predicted octanol–water partition coefficient (Wildman–Crippen LogP) is 4.43. The van der Waals surface area contributed by atoms with Gasteiger partial charge in [0.05, 0.1) is 12.1 Å². The normalized spacial score (nSPS) is 16.8. The van der Waals surface area contributed by atoms with Crippen LogP contribution in [0, 0.1) is 5.82 Å². The highest BCUT2D eigenvalue weighted by Gasteiger charge is 2.37. The van der Waals surface area contributed by atoms with E-state index in [-0.39, 0.29) is 24.2 Å². The first-order valence-electron chi connectivity index (χ1n) is 11.8. The van der Waals surface area contributed by atoms with Crippen molar-refractivity contribution in [1.82, 2.24) is 19.9 Å². The third kappa shape index (κ3) is 4.65. The average molecular weight is 562 g/mol. The molecule has 10 heteroatoms. The number of halogens is 2. The van der Waals surface area contributed by atoms with E-state index < -0.39 is 6.23 Å². The predicted molar refractivity (Wildman–Crippen MR) is 137 cm³/mol. The van der Waals surface area contributed by atoms with Crippen molar-refractivity contribution in [2.45, 2.75) is 19.1 Å². The van der Waals surface area contributed by atoms with Gasteiger partial charge in [-0.05, 0) is 72.1 Å². The number of hydrogen-bond donors (Lipinski definition) is 1. The van der Waals surface area contributed by atoms with E-state index in [1.165, 1.54) is 16.9 Å². The first-order chi connectivity index (χ1) is 17.9. The Hall–Kier alpha value is -3.89. The highest BCUT2D eigenvalue weighted by molar-refractivity contribution is 9.10. The number of ether oxygens (including phenoxy) is 1. The highest BCUT2D eigenvalue weighted by Crippen LogP contribution is 2.34. The van der Waals surface area contributed by atoms with Crippen LogP contribution in [0.2, 0.25) is 0 Å². The van der Waals surface area contributed by atoms with Crippen LogP contribution in [0.1, 0.15) is 23.0 Å². The number of carbonyl (C=O) groups is 2. The Morgan fingerprint density at radius 2 is 1.81 bits per heavy atom. The van der Waals surface area contributed by atoms with Gasteiger partial charge in [0.2, 0.25) is 5.91 Å². The molecule has 1 fully saturated rings. The molecule has 2 aliphatic heterocycles. The maximum Gasteiger partial charge on any atom is 0.251 e. The molecule has 37 heavy (non-hydrogen) atoms. The van der Waals surface area contributed by atoms with Crippen molar-refractivity contribution >= 4 is 33.4 Å². The van der Waals surface area contributed by atoms with Crippen molar-refractivity contribution in [3.8, 4) is 16.9 Å². The molecule has 8 nitrogen and oxygen atoms in total. The van der Waals surface area contributed by atoms with E-state index in [1.54, 1.807) is 17.0 Å². The Morgan fingerprint density at radius 3 is 2.59 bits per heavy atom. The lowest BCUT2D eigenvalue weighted by Gasteiger charge is -2.22. The lowest BCUT2D eigenvalue weighted by atomic mass is 10.1. The monoisotopic (exact) mass is 561 g/mol. The summed E-state index contributed by atoms with van der Waals surface area (Å²) in [6.07, 6.45) is 0.201. The first-order valence-corrected chi connectivity index (χ1v) is 12.6. The van der Waals surface area contributed by atoms with Crippen LogP contribution in [0.15, 0.2) is 71.2 Å². The Balaban J connectivity index is 1.32. The highest BCUT2D eigenvalue weighted by atomic mass is 79.9. The van der Waals surface area contributed by atoms with Gasteiger partial charge >= 0.3 is 0 Å². The molecule has 186 valence electrons. The molecule has 0 aliphatic carbocycles. The van der Waals surface area contributed by atoms with Crippen LogP contribution in [0.25, 0.3) is 16.9 Å². The number of carbonyl (C=O) groups excluding carboxylic acids is 2. The van der Waals surface area contributed by atoms with Crippen molar-refractivity contribution < 1.29 is 18.7 Å². The minimum Gasteiger partial charge on any atom is -0.342 e. The Morgan fingerprint density at radius 1 is 1.03 bits per heavy atom.